The summed E-state index contributed by atoms with van der Waals surface area (Å²) in [6.45, 7) is 0.541. The van der Waals surface area contributed by atoms with Gasteiger partial charge < -0.3 is 9.73 Å². The van der Waals surface area contributed by atoms with Gasteiger partial charge >= 0.3 is 0 Å². The van der Waals surface area contributed by atoms with Crippen molar-refractivity contribution in [3.8, 4) is 0 Å². The second kappa shape index (κ2) is 7.33. The van der Waals surface area contributed by atoms with E-state index in [2.05, 4.69) is 15.5 Å². The number of anilines is 1. The van der Waals surface area contributed by atoms with E-state index in [9.17, 15) is 9.18 Å². The molecule has 1 aliphatic carbocycles. The number of nitrogens with zero attached hydrogens (tertiary/aromatic N) is 3. The van der Waals surface area contributed by atoms with E-state index < -0.39 is 0 Å². The molecule has 0 saturated heterocycles. The van der Waals surface area contributed by atoms with Gasteiger partial charge in [-0.25, -0.2) is 4.39 Å². The highest BCUT2D eigenvalue weighted by atomic mass is 32.2. The van der Waals surface area contributed by atoms with Crippen LogP contribution in [0.25, 0.3) is 0 Å². The predicted molar refractivity (Wildman–Crippen MR) is 95.6 cm³/mol. The lowest BCUT2D eigenvalue weighted by Crippen LogP contribution is -2.15. The molecule has 0 atom stereocenters. The van der Waals surface area contributed by atoms with Crippen molar-refractivity contribution in [3.63, 3.8) is 0 Å². The van der Waals surface area contributed by atoms with E-state index in [0.717, 1.165) is 24.4 Å². The highest BCUT2D eigenvalue weighted by Gasteiger charge is 2.30. The second-order valence-electron chi connectivity index (χ2n) is 6.13. The average Bonchev–Trinajstić information content (AvgIpc) is 3.18. The molecular formula is C18H17FN4O2S. The molecule has 26 heavy (non-hydrogen) atoms. The zero-order chi connectivity index (χ0) is 17.9. The molecule has 134 valence electrons. The van der Waals surface area contributed by atoms with Gasteiger partial charge in [-0.15, -0.1) is 10.2 Å². The van der Waals surface area contributed by atoms with Crippen LogP contribution in [0.1, 0.15) is 30.3 Å². The van der Waals surface area contributed by atoms with Crippen LogP contribution < -0.4 is 5.32 Å². The summed E-state index contributed by atoms with van der Waals surface area (Å²) >= 11 is 1.31. The maximum absolute atomic E-state index is 13.2. The molecule has 1 saturated carbocycles. The van der Waals surface area contributed by atoms with Crippen molar-refractivity contribution in [2.45, 2.75) is 30.5 Å². The minimum atomic E-state index is -0.386. The molecule has 2 heterocycles. The van der Waals surface area contributed by atoms with Gasteiger partial charge in [0.15, 0.2) is 5.16 Å². The number of hydrogen-bond donors (Lipinski definition) is 1. The topological polar surface area (TPSA) is 73.0 Å². The van der Waals surface area contributed by atoms with Crippen molar-refractivity contribution in [1.82, 2.24) is 14.8 Å². The quantitative estimate of drug-likeness (QED) is 0.641. The molecule has 8 heteroatoms. The van der Waals surface area contributed by atoms with Crippen LogP contribution in [-0.4, -0.2) is 26.4 Å². The summed E-state index contributed by atoms with van der Waals surface area (Å²) in [6.07, 6.45) is 3.86. The van der Waals surface area contributed by atoms with E-state index >= 15 is 0 Å². The van der Waals surface area contributed by atoms with Gasteiger partial charge in [0.2, 0.25) is 5.91 Å². The SMILES string of the molecule is O=C(CSc1nnc(C2CC2)n1Cc1ccco1)Nc1cccc(F)c1. The first-order chi connectivity index (χ1) is 12.7. The fourth-order valence-corrected chi connectivity index (χ4v) is 3.40. The highest BCUT2D eigenvalue weighted by molar-refractivity contribution is 7.99. The Morgan fingerprint density at radius 3 is 2.92 bits per heavy atom. The Bertz CT molecular complexity index is 906. The predicted octanol–water partition coefficient (Wildman–Crippen LogP) is 3.67. The first-order valence-corrected chi connectivity index (χ1v) is 9.31. The van der Waals surface area contributed by atoms with Gasteiger partial charge in [-0.3, -0.25) is 9.36 Å². The number of rotatable bonds is 7. The number of carbonyl (C=O) groups excluding carboxylic acids is 1. The van der Waals surface area contributed by atoms with Crippen LogP contribution in [0.2, 0.25) is 0 Å². The molecule has 6 nitrogen and oxygen atoms in total. The number of hydrogen-bond acceptors (Lipinski definition) is 5. The summed E-state index contributed by atoms with van der Waals surface area (Å²) in [5.74, 6) is 1.75. The zero-order valence-corrected chi connectivity index (χ0v) is 14.7. The standard InChI is InChI=1S/C18H17FN4O2S/c19-13-3-1-4-14(9-13)20-16(24)11-26-18-22-21-17(12-6-7-12)23(18)10-15-5-2-8-25-15/h1-5,8-9,12H,6-7,10-11H2,(H,20,24). The lowest BCUT2D eigenvalue weighted by molar-refractivity contribution is -0.113. The number of aromatic nitrogens is 3. The lowest BCUT2D eigenvalue weighted by atomic mass is 10.3. The molecule has 1 N–H and O–H groups in total. The molecule has 2 aromatic heterocycles. The van der Waals surface area contributed by atoms with Gasteiger partial charge in [-0.1, -0.05) is 17.8 Å². The van der Waals surface area contributed by atoms with Gasteiger partial charge in [-0.05, 0) is 43.2 Å². The molecule has 1 aromatic carbocycles. The van der Waals surface area contributed by atoms with Crippen LogP contribution in [0, 0.1) is 5.82 Å². The third-order valence-electron chi connectivity index (χ3n) is 4.02. The molecule has 0 spiro atoms. The summed E-state index contributed by atoms with van der Waals surface area (Å²) in [5.41, 5.74) is 0.436. The first kappa shape index (κ1) is 16.8. The minimum absolute atomic E-state index is 0.164. The second-order valence-corrected chi connectivity index (χ2v) is 7.07. The first-order valence-electron chi connectivity index (χ1n) is 8.33. The molecular weight excluding hydrogens is 355 g/mol. The summed E-state index contributed by atoms with van der Waals surface area (Å²) < 4.78 is 20.6. The fraction of sp³-hybridized carbons (Fsp3) is 0.278. The maximum Gasteiger partial charge on any atom is 0.234 e. The molecule has 0 aliphatic heterocycles. The van der Waals surface area contributed by atoms with E-state index in [4.69, 9.17) is 4.42 Å². The molecule has 1 fully saturated rings. The van der Waals surface area contributed by atoms with E-state index in [1.807, 2.05) is 16.7 Å². The van der Waals surface area contributed by atoms with Gasteiger partial charge in [-0.2, -0.15) is 0 Å². The van der Waals surface area contributed by atoms with Crippen LogP contribution in [0.15, 0.2) is 52.2 Å². The fourth-order valence-electron chi connectivity index (χ4n) is 2.65. The molecule has 1 amide bonds. The Hall–Kier alpha value is -2.61. The van der Waals surface area contributed by atoms with Gasteiger partial charge in [0, 0.05) is 11.6 Å². The summed E-state index contributed by atoms with van der Waals surface area (Å²) in [7, 11) is 0. The zero-order valence-electron chi connectivity index (χ0n) is 13.9. The smallest absolute Gasteiger partial charge is 0.234 e. The van der Waals surface area contributed by atoms with E-state index in [-0.39, 0.29) is 17.5 Å². The van der Waals surface area contributed by atoms with E-state index in [1.165, 1.54) is 23.9 Å². The monoisotopic (exact) mass is 372 g/mol. The normalized spacial score (nSPS) is 13.7. The van der Waals surface area contributed by atoms with Crippen molar-refractivity contribution in [3.05, 3.63) is 60.1 Å². The number of thioether (sulfide) groups is 1. The number of benzene rings is 1. The van der Waals surface area contributed by atoms with Gasteiger partial charge in [0.25, 0.3) is 0 Å². The number of halogens is 1. The molecule has 1 aliphatic rings. The number of amides is 1. The number of nitrogens with one attached hydrogen (secondary N) is 1. The Morgan fingerprint density at radius 2 is 2.19 bits per heavy atom. The Labute approximate surface area is 153 Å². The van der Waals surface area contributed by atoms with Crippen LogP contribution in [0.3, 0.4) is 0 Å². The summed E-state index contributed by atoms with van der Waals surface area (Å²) in [5, 5.41) is 11.9. The average molecular weight is 372 g/mol. The maximum atomic E-state index is 13.2. The van der Waals surface area contributed by atoms with Gasteiger partial charge in [0.05, 0.1) is 18.6 Å². The van der Waals surface area contributed by atoms with Crippen LogP contribution in [0.4, 0.5) is 10.1 Å². The van der Waals surface area contributed by atoms with Crippen molar-refractivity contribution >= 4 is 23.4 Å². The van der Waals surface area contributed by atoms with Crippen molar-refractivity contribution < 1.29 is 13.6 Å². The van der Waals surface area contributed by atoms with E-state index in [1.54, 1.807) is 18.4 Å². The summed E-state index contributed by atoms with van der Waals surface area (Å²) in [6, 6.07) is 9.57. The molecule has 0 bridgehead atoms. The molecule has 0 unspecified atom stereocenters. The van der Waals surface area contributed by atoms with Crippen LogP contribution in [0.5, 0.6) is 0 Å². The third-order valence-corrected chi connectivity index (χ3v) is 4.99. The molecule has 0 radical (unpaired) electrons. The Morgan fingerprint density at radius 1 is 1.31 bits per heavy atom. The van der Waals surface area contributed by atoms with Crippen molar-refractivity contribution in [1.29, 1.82) is 0 Å². The molecule has 4 rings (SSSR count). The van der Waals surface area contributed by atoms with Crippen LogP contribution in [-0.2, 0) is 11.3 Å². The van der Waals surface area contributed by atoms with Crippen molar-refractivity contribution in [2.75, 3.05) is 11.1 Å². The Kier molecular flexibility index (Phi) is 4.75. The van der Waals surface area contributed by atoms with Crippen LogP contribution >= 0.6 is 11.8 Å². The largest absolute Gasteiger partial charge is 0.467 e. The summed E-state index contributed by atoms with van der Waals surface area (Å²) in [4.78, 5) is 12.1. The highest BCUT2D eigenvalue weighted by Crippen LogP contribution is 2.40. The minimum Gasteiger partial charge on any atom is -0.467 e. The Balaban J connectivity index is 1.43. The number of furan rings is 1. The number of carbonyl (C=O) groups is 1. The lowest BCUT2D eigenvalue weighted by Gasteiger charge is -2.08. The van der Waals surface area contributed by atoms with Gasteiger partial charge in [0.1, 0.15) is 17.4 Å². The molecule has 3 aromatic rings. The third kappa shape index (κ3) is 3.96. The van der Waals surface area contributed by atoms with E-state index in [0.29, 0.717) is 23.3 Å². The van der Waals surface area contributed by atoms with Crippen molar-refractivity contribution in [2.24, 2.45) is 0 Å².